The van der Waals surface area contributed by atoms with Crippen LogP contribution in [0.25, 0.3) is 0 Å². The topological polar surface area (TPSA) is 15.3 Å². The van der Waals surface area contributed by atoms with Gasteiger partial charge in [0.2, 0.25) is 0 Å². The van der Waals surface area contributed by atoms with Crippen LogP contribution < -0.4 is 5.32 Å². The molecule has 4 unspecified atom stereocenters. The molecule has 0 saturated heterocycles. The Morgan fingerprint density at radius 1 is 1.14 bits per heavy atom. The Labute approximate surface area is 130 Å². The van der Waals surface area contributed by atoms with Crippen LogP contribution in [0.3, 0.4) is 0 Å². The molecular weight excluding hydrogens is 256 g/mol. The van der Waals surface area contributed by atoms with E-state index in [2.05, 4.69) is 68.4 Å². The lowest BCUT2D eigenvalue weighted by molar-refractivity contribution is 0.0754. The zero-order valence-corrected chi connectivity index (χ0v) is 14.2. The Bertz CT molecular complexity index is 403. The van der Waals surface area contributed by atoms with Gasteiger partial charge in [0.1, 0.15) is 0 Å². The van der Waals surface area contributed by atoms with Crippen LogP contribution in [-0.2, 0) is 6.54 Å². The second kappa shape index (κ2) is 7.95. The van der Waals surface area contributed by atoms with Crippen molar-refractivity contribution in [2.24, 2.45) is 11.8 Å². The molecular formula is C19H32N2. The van der Waals surface area contributed by atoms with Crippen molar-refractivity contribution in [1.29, 1.82) is 0 Å². The van der Waals surface area contributed by atoms with E-state index in [9.17, 15) is 0 Å². The third-order valence-corrected chi connectivity index (χ3v) is 4.87. The molecule has 0 radical (unpaired) electrons. The van der Waals surface area contributed by atoms with Gasteiger partial charge in [-0.2, -0.15) is 0 Å². The molecule has 0 spiro atoms. The summed E-state index contributed by atoms with van der Waals surface area (Å²) < 4.78 is 0. The third kappa shape index (κ3) is 4.55. The zero-order chi connectivity index (χ0) is 15.2. The molecule has 2 rings (SSSR count). The van der Waals surface area contributed by atoms with Gasteiger partial charge in [0.05, 0.1) is 0 Å². The highest BCUT2D eigenvalue weighted by atomic mass is 15.2. The summed E-state index contributed by atoms with van der Waals surface area (Å²) >= 11 is 0. The number of nitrogens with one attached hydrogen (secondary N) is 1. The zero-order valence-electron chi connectivity index (χ0n) is 14.2. The predicted molar refractivity (Wildman–Crippen MR) is 91.3 cm³/mol. The molecule has 1 saturated carbocycles. The van der Waals surface area contributed by atoms with Gasteiger partial charge in [-0.1, -0.05) is 51.1 Å². The molecule has 1 fully saturated rings. The normalized spacial score (nSPS) is 29.8. The fourth-order valence-corrected chi connectivity index (χ4v) is 4.09. The van der Waals surface area contributed by atoms with Gasteiger partial charge in [0.25, 0.3) is 0 Å². The minimum Gasteiger partial charge on any atom is -0.312 e. The minimum atomic E-state index is 0.636. The molecule has 1 aromatic rings. The van der Waals surface area contributed by atoms with E-state index in [1.54, 1.807) is 0 Å². The van der Waals surface area contributed by atoms with Gasteiger partial charge < -0.3 is 5.32 Å². The van der Waals surface area contributed by atoms with Gasteiger partial charge in [-0.3, -0.25) is 4.90 Å². The van der Waals surface area contributed by atoms with Crippen LogP contribution in [-0.4, -0.2) is 30.6 Å². The van der Waals surface area contributed by atoms with E-state index in [0.29, 0.717) is 12.1 Å². The summed E-state index contributed by atoms with van der Waals surface area (Å²) in [6, 6.07) is 12.1. The molecule has 1 N–H and O–H groups in total. The molecule has 0 heterocycles. The number of hydrogen-bond acceptors (Lipinski definition) is 2. The second-order valence-corrected chi connectivity index (χ2v) is 7.01. The Kier molecular flexibility index (Phi) is 6.25. The standard InChI is InChI=1S/C19H32N2/c1-5-11-20-18-13-15(2)12-16(3)19(18)21(4)14-17-9-7-6-8-10-17/h6-10,15-16,18-20H,5,11-14H2,1-4H3. The van der Waals surface area contributed by atoms with Crippen molar-refractivity contribution >= 4 is 0 Å². The summed E-state index contributed by atoms with van der Waals surface area (Å²) in [5.41, 5.74) is 1.42. The lowest BCUT2D eigenvalue weighted by Crippen LogP contribution is -2.55. The monoisotopic (exact) mass is 288 g/mol. The van der Waals surface area contributed by atoms with E-state index in [-0.39, 0.29) is 0 Å². The first-order valence-electron chi connectivity index (χ1n) is 8.59. The summed E-state index contributed by atoms with van der Waals surface area (Å²) in [7, 11) is 2.30. The van der Waals surface area contributed by atoms with Crippen LogP contribution in [0.5, 0.6) is 0 Å². The van der Waals surface area contributed by atoms with E-state index < -0.39 is 0 Å². The molecule has 1 aliphatic carbocycles. The van der Waals surface area contributed by atoms with E-state index in [1.165, 1.54) is 24.8 Å². The number of likely N-dealkylation sites (N-methyl/N-ethyl adjacent to an activating group) is 1. The van der Waals surface area contributed by atoms with Crippen molar-refractivity contribution in [3.05, 3.63) is 35.9 Å². The van der Waals surface area contributed by atoms with Gasteiger partial charge in [-0.15, -0.1) is 0 Å². The van der Waals surface area contributed by atoms with E-state index in [4.69, 9.17) is 0 Å². The predicted octanol–water partition coefficient (Wildman–Crippen LogP) is 3.92. The molecule has 0 amide bonds. The fourth-order valence-electron chi connectivity index (χ4n) is 4.09. The molecule has 0 aliphatic heterocycles. The van der Waals surface area contributed by atoms with Crippen LogP contribution in [0, 0.1) is 11.8 Å². The highest BCUT2D eigenvalue weighted by molar-refractivity contribution is 5.14. The van der Waals surface area contributed by atoms with Gasteiger partial charge in [0, 0.05) is 18.6 Å². The summed E-state index contributed by atoms with van der Waals surface area (Å²) in [5, 5.41) is 3.81. The van der Waals surface area contributed by atoms with Crippen LogP contribution in [0.2, 0.25) is 0 Å². The lowest BCUT2D eigenvalue weighted by atomic mass is 9.76. The average molecular weight is 288 g/mol. The van der Waals surface area contributed by atoms with Crippen LogP contribution in [0.1, 0.15) is 45.6 Å². The molecule has 21 heavy (non-hydrogen) atoms. The summed E-state index contributed by atoms with van der Waals surface area (Å²) in [6.07, 6.45) is 3.89. The van der Waals surface area contributed by atoms with E-state index >= 15 is 0 Å². The number of hydrogen-bond donors (Lipinski definition) is 1. The summed E-state index contributed by atoms with van der Waals surface area (Å²) in [6.45, 7) is 9.28. The summed E-state index contributed by atoms with van der Waals surface area (Å²) in [4.78, 5) is 2.57. The van der Waals surface area contributed by atoms with Crippen molar-refractivity contribution in [1.82, 2.24) is 10.2 Å². The van der Waals surface area contributed by atoms with Gasteiger partial charge in [-0.25, -0.2) is 0 Å². The highest BCUT2D eigenvalue weighted by Gasteiger charge is 2.35. The third-order valence-electron chi connectivity index (χ3n) is 4.87. The maximum absolute atomic E-state index is 3.81. The molecule has 2 heteroatoms. The fraction of sp³-hybridized carbons (Fsp3) is 0.684. The van der Waals surface area contributed by atoms with Crippen molar-refractivity contribution in [3.8, 4) is 0 Å². The average Bonchev–Trinajstić information content (AvgIpc) is 2.45. The molecule has 0 bridgehead atoms. The summed E-state index contributed by atoms with van der Waals surface area (Å²) in [5.74, 6) is 1.60. The molecule has 118 valence electrons. The number of nitrogens with zero attached hydrogens (tertiary/aromatic N) is 1. The molecule has 4 atom stereocenters. The Balaban J connectivity index is 2.05. The van der Waals surface area contributed by atoms with E-state index in [1.807, 2.05) is 0 Å². The quantitative estimate of drug-likeness (QED) is 0.853. The first-order chi connectivity index (χ1) is 10.1. The Morgan fingerprint density at radius 3 is 2.52 bits per heavy atom. The molecule has 1 aromatic carbocycles. The maximum Gasteiger partial charge on any atom is 0.0275 e. The molecule has 0 aromatic heterocycles. The largest absolute Gasteiger partial charge is 0.312 e. The van der Waals surface area contributed by atoms with Crippen molar-refractivity contribution < 1.29 is 0 Å². The highest BCUT2D eigenvalue weighted by Crippen LogP contribution is 2.32. The Hall–Kier alpha value is -0.860. The van der Waals surface area contributed by atoms with E-state index in [0.717, 1.165) is 24.9 Å². The van der Waals surface area contributed by atoms with Gasteiger partial charge in [0.15, 0.2) is 0 Å². The van der Waals surface area contributed by atoms with Crippen molar-refractivity contribution in [3.63, 3.8) is 0 Å². The first-order valence-corrected chi connectivity index (χ1v) is 8.59. The van der Waals surface area contributed by atoms with Crippen LogP contribution in [0.15, 0.2) is 30.3 Å². The lowest BCUT2D eigenvalue weighted by Gasteiger charge is -2.45. The Morgan fingerprint density at radius 2 is 1.86 bits per heavy atom. The number of benzene rings is 1. The van der Waals surface area contributed by atoms with Crippen LogP contribution >= 0.6 is 0 Å². The molecule has 2 nitrogen and oxygen atoms in total. The SMILES string of the molecule is CCCNC1CC(C)CC(C)C1N(C)Cc1ccccc1. The van der Waals surface area contributed by atoms with Crippen molar-refractivity contribution in [2.45, 2.75) is 58.7 Å². The minimum absolute atomic E-state index is 0.636. The number of rotatable bonds is 6. The van der Waals surface area contributed by atoms with Crippen LogP contribution in [0.4, 0.5) is 0 Å². The van der Waals surface area contributed by atoms with Gasteiger partial charge in [-0.05, 0) is 50.3 Å². The first kappa shape index (κ1) is 16.5. The second-order valence-electron chi connectivity index (χ2n) is 7.01. The smallest absolute Gasteiger partial charge is 0.0275 e. The van der Waals surface area contributed by atoms with Crippen molar-refractivity contribution in [2.75, 3.05) is 13.6 Å². The maximum atomic E-state index is 3.81. The van der Waals surface area contributed by atoms with Gasteiger partial charge >= 0.3 is 0 Å². The molecule has 1 aliphatic rings.